The number of carbonyl (C=O) groups excluding carboxylic acids is 1. The molecule has 0 fully saturated rings. The summed E-state index contributed by atoms with van der Waals surface area (Å²) in [5.41, 5.74) is 2.54. The largest absolute Gasteiger partial charge is 0.396 e. The molecule has 1 aromatic rings. The normalized spacial score (nSPS) is 17.9. The van der Waals surface area contributed by atoms with Crippen LogP contribution in [-0.2, 0) is 17.8 Å². The molecular weight excluding hydrogens is 240 g/mol. The molecule has 2 rings (SSSR count). The molecule has 0 radical (unpaired) electrons. The van der Waals surface area contributed by atoms with Gasteiger partial charge in [0, 0.05) is 26.2 Å². The minimum Gasteiger partial charge on any atom is -0.396 e. The molecule has 104 valence electrons. The van der Waals surface area contributed by atoms with Crippen molar-refractivity contribution >= 4 is 5.91 Å². The summed E-state index contributed by atoms with van der Waals surface area (Å²) in [5, 5.41) is 12.2. The lowest BCUT2D eigenvalue weighted by Crippen LogP contribution is -2.49. The molecule has 0 aromatic heterocycles. The van der Waals surface area contributed by atoms with Crippen LogP contribution in [0.1, 0.15) is 24.5 Å². The Labute approximate surface area is 114 Å². The number of likely N-dealkylation sites (N-methyl/N-ethyl adjacent to an activating group) is 1. The predicted molar refractivity (Wildman–Crippen MR) is 74.7 cm³/mol. The van der Waals surface area contributed by atoms with Crippen molar-refractivity contribution in [1.82, 2.24) is 10.2 Å². The van der Waals surface area contributed by atoms with E-state index in [0.717, 1.165) is 13.0 Å². The summed E-state index contributed by atoms with van der Waals surface area (Å²) in [4.78, 5) is 14.2. The summed E-state index contributed by atoms with van der Waals surface area (Å²) in [6.07, 6.45) is 1.40. The van der Waals surface area contributed by atoms with E-state index in [2.05, 4.69) is 17.4 Å². The van der Waals surface area contributed by atoms with Crippen molar-refractivity contribution < 1.29 is 9.90 Å². The van der Waals surface area contributed by atoms with E-state index >= 15 is 0 Å². The molecule has 1 aromatic carbocycles. The molecule has 1 amide bonds. The Morgan fingerprint density at radius 2 is 2.16 bits per heavy atom. The summed E-state index contributed by atoms with van der Waals surface area (Å²) < 4.78 is 0. The highest BCUT2D eigenvalue weighted by Crippen LogP contribution is 2.17. The first kappa shape index (κ1) is 14.0. The van der Waals surface area contributed by atoms with Crippen LogP contribution in [0.15, 0.2) is 24.3 Å². The number of aliphatic hydroxyl groups is 1. The second-order valence-corrected chi connectivity index (χ2v) is 4.90. The smallest absolute Gasteiger partial charge is 0.240 e. The first-order chi connectivity index (χ1) is 9.26. The number of carbonyl (C=O) groups is 1. The number of rotatable bonds is 5. The van der Waals surface area contributed by atoms with Gasteiger partial charge >= 0.3 is 0 Å². The standard InChI is InChI=1S/C15H22N2O2/c1-2-17(8-5-9-18)15(19)14-10-12-6-3-4-7-13(12)11-16-14/h3-4,6-7,14,16,18H,2,5,8-11H2,1H3/t14-/m0/s1. The number of aliphatic hydroxyl groups excluding tert-OH is 1. The molecule has 1 aliphatic rings. The number of fused-ring (bicyclic) bond motifs is 1. The summed E-state index contributed by atoms with van der Waals surface area (Å²) in [6, 6.07) is 8.12. The van der Waals surface area contributed by atoms with Crippen molar-refractivity contribution in [2.75, 3.05) is 19.7 Å². The molecule has 0 unspecified atom stereocenters. The summed E-state index contributed by atoms with van der Waals surface area (Å²) in [5.74, 6) is 0.144. The number of hydrogen-bond acceptors (Lipinski definition) is 3. The van der Waals surface area contributed by atoms with Crippen molar-refractivity contribution in [3.63, 3.8) is 0 Å². The minimum atomic E-state index is -0.131. The van der Waals surface area contributed by atoms with Gasteiger partial charge < -0.3 is 15.3 Å². The molecule has 4 nitrogen and oxygen atoms in total. The van der Waals surface area contributed by atoms with Gasteiger partial charge in [-0.15, -0.1) is 0 Å². The molecule has 0 bridgehead atoms. The second kappa shape index (κ2) is 6.68. The van der Waals surface area contributed by atoms with Crippen LogP contribution in [0.25, 0.3) is 0 Å². The van der Waals surface area contributed by atoms with Crippen molar-refractivity contribution in [2.24, 2.45) is 0 Å². The Hall–Kier alpha value is -1.39. The van der Waals surface area contributed by atoms with Crippen molar-refractivity contribution in [3.05, 3.63) is 35.4 Å². The maximum Gasteiger partial charge on any atom is 0.240 e. The Morgan fingerprint density at radius 1 is 1.42 bits per heavy atom. The summed E-state index contributed by atoms with van der Waals surface area (Å²) in [7, 11) is 0. The molecule has 2 N–H and O–H groups in total. The SMILES string of the molecule is CCN(CCCO)C(=O)[C@@H]1Cc2ccccc2CN1. The second-order valence-electron chi connectivity index (χ2n) is 4.90. The molecule has 19 heavy (non-hydrogen) atoms. The van der Waals surface area contributed by atoms with Crippen LogP contribution < -0.4 is 5.32 Å². The van der Waals surface area contributed by atoms with Gasteiger partial charge in [-0.25, -0.2) is 0 Å². The Morgan fingerprint density at radius 3 is 2.84 bits per heavy atom. The van der Waals surface area contributed by atoms with E-state index in [1.165, 1.54) is 11.1 Å². The zero-order valence-electron chi connectivity index (χ0n) is 11.4. The van der Waals surface area contributed by atoms with Crippen molar-refractivity contribution in [1.29, 1.82) is 0 Å². The minimum absolute atomic E-state index is 0.130. The van der Waals surface area contributed by atoms with Gasteiger partial charge in [0.25, 0.3) is 0 Å². The van der Waals surface area contributed by atoms with Crippen LogP contribution in [0.4, 0.5) is 0 Å². The third-order valence-corrected chi connectivity index (χ3v) is 3.66. The molecular formula is C15H22N2O2. The molecule has 4 heteroatoms. The van der Waals surface area contributed by atoms with E-state index in [1.807, 2.05) is 24.0 Å². The van der Waals surface area contributed by atoms with Gasteiger partial charge in [-0.1, -0.05) is 24.3 Å². The predicted octanol–water partition coefficient (Wildman–Crippen LogP) is 0.932. The monoisotopic (exact) mass is 262 g/mol. The van der Waals surface area contributed by atoms with Crippen LogP contribution in [0.3, 0.4) is 0 Å². The number of nitrogens with zero attached hydrogens (tertiary/aromatic N) is 1. The first-order valence-corrected chi connectivity index (χ1v) is 6.96. The van der Waals surface area contributed by atoms with Gasteiger partial charge in [0.15, 0.2) is 0 Å². The highest BCUT2D eigenvalue weighted by Gasteiger charge is 2.26. The van der Waals surface area contributed by atoms with Gasteiger partial charge in [0.2, 0.25) is 5.91 Å². The molecule has 0 saturated carbocycles. The highest BCUT2D eigenvalue weighted by molar-refractivity contribution is 5.82. The zero-order valence-corrected chi connectivity index (χ0v) is 11.4. The van der Waals surface area contributed by atoms with Crippen LogP contribution in [0, 0.1) is 0 Å². The van der Waals surface area contributed by atoms with E-state index in [9.17, 15) is 4.79 Å². The maximum absolute atomic E-state index is 12.4. The van der Waals surface area contributed by atoms with Crippen LogP contribution in [-0.4, -0.2) is 41.7 Å². The van der Waals surface area contributed by atoms with Gasteiger partial charge in [0.05, 0.1) is 6.04 Å². The lowest BCUT2D eigenvalue weighted by Gasteiger charge is -2.30. The van der Waals surface area contributed by atoms with Gasteiger partial charge in [-0.3, -0.25) is 4.79 Å². The molecule has 1 atom stereocenters. The maximum atomic E-state index is 12.4. The van der Waals surface area contributed by atoms with Gasteiger partial charge in [-0.2, -0.15) is 0 Å². The first-order valence-electron chi connectivity index (χ1n) is 6.96. The van der Waals surface area contributed by atoms with Crippen LogP contribution in [0.5, 0.6) is 0 Å². The number of amides is 1. The summed E-state index contributed by atoms with van der Waals surface area (Å²) in [6.45, 7) is 4.19. The van der Waals surface area contributed by atoms with Crippen molar-refractivity contribution in [3.8, 4) is 0 Å². The molecule has 0 spiro atoms. The Bertz CT molecular complexity index is 434. The highest BCUT2D eigenvalue weighted by atomic mass is 16.3. The van der Waals surface area contributed by atoms with E-state index in [4.69, 9.17) is 5.11 Å². The average molecular weight is 262 g/mol. The fourth-order valence-corrected chi connectivity index (χ4v) is 2.54. The van der Waals surface area contributed by atoms with Gasteiger partial charge in [0.1, 0.15) is 0 Å². The van der Waals surface area contributed by atoms with Gasteiger partial charge in [-0.05, 0) is 30.9 Å². The topological polar surface area (TPSA) is 52.6 Å². The zero-order chi connectivity index (χ0) is 13.7. The third-order valence-electron chi connectivity index (χ3n) is 3.66. The van der Waals surface area contributed by atoms with E-state index < -0.39 is 0 Å². The van der Waals surface area contributed by atoms with Crippen LogP contribution >= 0.6 is 0 Å². The number of benzene rings is 1. The Balaban J connectivity index is 2.01. The average Bonchev–Trinajstić information content (AvgIpc) is 2.47. The molecule has 0 saturated heterocycles. The molecule has 1 aliphatic heterocycles. The molecule has 0 aliphatic carbocycles. The van der Waals surface area contributed by atoms with E-state index in [-0.39, 0.29) is 18.6 Å². The number of nitrogens with one attached hydrogen (secondary N) is 1. The summed E-state index contributed by atoms with van der Waals surface area (Å²) >= 11 is 0. The van der Waals surface area contributed by atoms with E-state index in [0.29, 0.717) is 19.5 Å². The lowest BCUT2D eigenvalue weighted by molar-refractivity contribution is -0.133. The molecule has 1 heterocycles. The van der Waals surface area contributed by atoms with E-state index in [1.54, 1.807) is 0 Å². The fourth-order valence-electron chi connectivity index (χ4n) is 2.54. The fraction of sp³-hybridized carbons (Fsp3) is 0.533. The lowest BCUT2D eigenvalue weighted by atomic mass is 9.95. The quantitative estimate of drug-likeness (QED) is 0.830. The van der Waals surface area contributed by atoms with Crippen molar-refractivity contribution in [2.45, 2.75) is 32.4 Å². The number of hydrogen-bond donors (Lipinski definition) is 2. The van der Waals surface area contributed by atoms with Crippen LogP contribution in [0.2, 0.25) is 0 Å². The third kappa shape index (κ3) is 3.33. The Kier molecular flexibility index (Phi) is 4.93.